The van der Waals surface area contributed by atoms with E-state index in [-0.39, 0.29) is 0 Å². The van der Waals surface area contributed by atoms with Crippen molar-refractivity contribution in [2.45, 2.75) is 37.2 Å². The summed E-state index contributed by atoms with van der Waals surface area (Å²) in [5.74, 6) is 4.49. The first-order valence-corrected chi connectivity index (χ1v) is 15.6. The molecule has 4 atom stereocenters. The summed E-state index contributed by atoms with van der Waals surface area (Å²) in [4.78, 5) is 0. The van der Waals surface area contributed by atoms with Gasteiger partial charge in [0.2, 0.25) is 0 Å². The fourth-order valence-corrected chi connectivity index (χ4v) is 18.0. The molecular formula is C17H18S8. The first-order chi connectivity index (χ1) is 12.1. The molecule has 0 unspecified atom stereocenters. The van der Waals surface area contributed by atoms with Crippen LogP contribution in [-0.4, -0.2) is 22.0 Å². The van der Waals surface area contributed by atoms with E-state index < -0.39 is 0 Å². The molecule has 7 aliphatic rings. The SMILES string of the molecule is CC1(C)[C@H]2C[C@H]3SC4=C(SC(=C5SC6=C(SCCS6)S5)S4)S[C@H]3[C@@H]1C2. The first kappa shape index (κ1) is 17.8. The van der Waals surface area contributed by atoms with Crippen LogP contribution in [-0.2, 0) is 0 Å². The number of rotatable bonds is 0. The zero-order valence-electron chi connectivity index (χ0n) is 13.9. The van der Waals surface area contributed by atoms with Crippen molar-refractivity contribution in [2.75, 3.05) is 11.5 Å². The number of thioether (sulfide) groups is 8. The smallest absolute Gasteiger partial charge is 0.0717 e. The molecule has 2 bridgehead atoms. The van der Waals surface area contributed by atoms with E-state index in [1.807, 2.05) is 23.5 Å². The van der Waals surface area contributed by atoms with Gasteiger partial charge in [-0.25, -0.2) is 0 Å². The Hall–Kier alpha value is 2.02. The Balaban J connectivity index is 1.22. The van der Waals surface area contributed by atoms with E-state index in [0.717, 1.165) is 22.3 Å². The molecule has 0 saturated heterocycles. The van der Waals surface area contributed by atoms with Gasteiger partial charge < -0.3 is 0 Å². The molecule has 7 rings (SSSR count). The van der Waals surface area contributed by atoms with Gasteiger partial charge in [-0.05, 0) is 30.1 Å². The second-order valence-corrected chi connectivity index (χ2v) is 17.9. The predicted octanol–water partition coefficient (Wildman–Crippen LogP) is 8.09. The third kappa shape index (κ3) is 2.82. The van der Waals surface area contributed by atoms with Crippen molar-refractivity contribution in [1.82, 2.24) is 0 Å². The lowest BCUT2D eigenvalue weighted by Crippen LogP contribution is -2.58. The van der Waals surface area contributed by atoms with Crippen LogP contribution < -0.4 is 0 Å². The molecule has 0 aromatic heterocycles. The van der Waals surface area contributed by atoms with Crippen LogP contribution in [0.5, 0.6) is 0 Å². The van der Waals surface area contributed by atoms with Crippen LogP contribution in [0.3, 0.4) is 0 Å². The van der Waals surface area contributed by atoms with Gasteiger partial charge in [-0.3, -0.25) is 0 Å². The maximum Gasteiger partial charge on any atom is 0.0717 e. The lowest BCUT2D eigenvalue weighted by molar-refractivity contribution is -0.0563. The maximum absolute atomic E-state index is 2.53. The summed E-state index contributed by atoms with van der Waals surface area (Å²) >= 11 is 16.9. The number of hydrogen-bond acceptors (Lipinski definition) is 8. The van der Waals surface area contributed by atoms with Crippen molar-refractivity contribution in [3.8, 4) is 0 Å². The minimum Gasteiger partial charge on any atom is -0.116 e. The van der Waals surface area contributed by atoms with Crippen LogP contribution in [0, 0.1) is 17.3 Å². The van der Waals surface area contributed by atoms with Gasteiger partial charge in [0.1, 0.15) is 0 Å². The topological polar surface area (TPSA) is 0 Å². The Labute approximate surface area is 183 Å². The predicted molar refractivity (Wildman–Crippen MR) is 129 cm³/mol. The molecule has 4 heterocycles. The van der Waals surface area contributed by atoms with E-state index in [2.05, 4.69) is 84.4 Å². The largest absolute Gasteiger partial charge is 0.116 e. The normalized spacial score (nSPS) is 41.5. The maximum atomic E-state index is 2.53. The zero-order chi connectivity index (χ0) is 16.8. The van der Waals surface area contributed by atoms with E-state index in [9.17, 15) is 0 Å². The molecule has 3 fully saturated rings. The lowest BCUT2D eigenvalue weighted by Gasteiger charge is -2.62. The van der Waals surface area contributed by atoms with Gasteiger partial charge in [-0.2, -0.15) is 0 Å². The molecule has 3 saturated carbocycles. The molecule has 4 aliphatic heterocycles. The van der Waals surface area contributed by atoms with Crippen LogP contribution in [0.15, 0.2) is 25.4 Å². The molecule has 8 heteroatoms. The van der Waals surface area contributed by atoms with Crippen molar-refractivity contribution in [2.24, 2.45) is 17.3 Å². The van der Waals surface area contributed by atoms with Crippen LogP contribution >= 0.6 is 94.1 Å². The fraction of sp³-hybridized carbons (Fsp3) is 0.647. The summed E-state index contributed by atoms with van der Waals surface area (Å²) in [6.07, 6.45) is 2.94. The van der Waals surface area contributed by atoms with Crippen molar-refractivity contribution < 1.29 is 0 Å². The summed E-state index contributed by atoms with van der Waals surface area (Å²) in [6.45, 7) is 5.05. The van der Waals surface area contributed by atoms with Crippen LogP contribution in [0.1, 0.15) is 26.7 Å². The molecule has 0 nitrogen and oxygen atoms in total. The van der Waals surface area contributed by atoms with Gasteiger partial charge in [-0.1, -0.05) is 60.9 Å². The zero-order valence-corrected chi connectivity index (χ0v) is 20.4. The highest BCUT2D eigenvalue weighted by molar-refractivity contribution is 8.45. The van der Waals surface area contributed by atoms with E-state index >= 15 is 0 Å². The van der Waals surface area contributed by atoms with Gasteiger partial charge in [0.05, 0.1) is 25.4 Å². The Morgan fingerprint density at radius 2 is 1.32 bits per heavy atom. The van der Waals surface area contributed by atoms with Gasteiger partial charge in [0, 0.05) is 22.0 Å². The van der Waals surface area contributed by atoms with Gasteiger partial charge >= 0.3 is 0 Å². The second kappa shape index (κ2) is 6.51. The molecule has 25 heavy (non-hydrogen) atoms. The molecule has 0 spiro atoms. The highest BCUT2D eigenvalue weighted by Gasteiger charge is 2.59. The fourth-order valence-electron chi connectivity index (χ4n) is 4.52. The third-order valence-electron chi connectivity index (χ3n) is 6.12. The Bertz CT molecular complexity index is 728. The number of hydrogen-bond donors (Lipinski definition) is 0. The average Bonchev–Trinajstić information content (AvgIpc) is 3.22. The summed E-state index contributed by atoms with van der Waals surface area (Å²) in [5, 5.41) is 1.74. The molecule has 3 aliphatic carbocycles. The molecule has 134 valence electrons. The van der Waals surface area contributed by atoms with Crippen LogP contribution in [0.2, 0.25) is 0 Å². The van der Waals surface area contributed by atoms with E-state index in [1.165, 1.54) is 24.3 Å². The summed E-state index contributed by atoms with van der Waals surface area (Å²) in [6, 6.07) is 0. The van der Waals surface area contributed by atoms with E-state index in [4.69, 9.17) is 0 Å². The van der Waals surface area contributed by atoms with E-state index in [1.54, 1.807) is 25.4 Å². The monoisotopic (exact) mass is 478 g/mol. The Kier molecular flexibility index (Phi) is 4.65. The Morgan fingerprint density at radius 1 is 0.720 bits per heavy atom. The molecule has 0 N–H and O–H groups in total. The Morgan fingerprint density at radius 3 is 1.96 bits per heavy atom. The summed E-state index contributed by atoms with van der Waals surface area (Å²) < 4.78 is 9.54. The second-order valence-electron chi connectivity index (χ2n) is 7.66. The first-order valence-electron chi connectivity index (χ1n) is 8.63. The highest BCUT2D eigenvalue weighted by atomic mass is 32.3. The minimum atomic E-state index is 0.596. The molecule has 0 radical (unpaired) electrons. The van der Waals surface area contributed by atoms with Crippen LogP contribution in [0.25, 0.3) is 0 Å². The standard InChI is InChI=1S/C17H18S8/c1-17(2)7-5-8(17)10-9(6-7)20-13-14(21-10)25-16(24-13)15-22-11-12(23-15)19-4-3-18-11/h7-10H,3-6H2,1-2H3/t7-,8+,9-,10+/m1/s1. The average molecular weight is 479 g/mol. The van der Waals surface area contributed by atoms with Crippen LogP contribution in [0.4, 0.5) is 0 Å². The summed E-state index contributed by atoms with van der Waals surface area (Å²) in [7, 11) is 0. The van der Waals surface area contributed by atoms with Crippen molar-refractivity contribution in [3.63, 3.8) is 0 Å². The molecule has 0 aromatic carbocycles. The van der Waals surface area contributed by atoms with Gasteiger partial charge in [-0.15, -0.1) is 47.0 Å². The van der Waals surface area contributed by atoms with E-state index in [0.29, 0.717) is 5.41 Å². The molecular weight excluding hydrogens is 461 g/mol. The molecule has 0 aromatic rings. The summed E-state index contributed by atoms with van der Waals surface area (Å²) in [5.41, 5.74) is 0.596. The van der Waals surface area contributed by atoms with Gasteiger partial charge in [0.25, 0.3) is 0 Å². The highest BCUT2D eigenvalue weighted by Crippen LogP contribution is 2.73. The van der Waals surface area contributed by atoms with Gasteiger partial charge in [0.15, 0.2) is 0 Å². The quantitative estimate of drug-likeness (QED) is 0.338. The van der Waals surface area contributed by atoms with Crippen molar-refractivity contribution in [1.29, 1.82) is 0 Å². The lowest BCUT2D eigenvalue weighted by atomic mass is 9.48. The molecule has 0 amide bonds. The van der Waals surface area contributed by atoms with Crippen molar-refractivity contribution in [3.05, 3.63) is 25.4 Å². The van der Waals surface area contributed by atoms with Crippen molar-refractivity contribution >= 4 is 94.1 Å². The minimum absolute atomic E-state index is 0.596. The third-order valence-corrected chi connectivity index (χ3v) is 18.8.